The third-order valence-corrected chi connectivity index (χ3v) is 9.41. The molecule has 8 nitrogen and oxygen atoms in total. The van der Waals surface area contributed by atoms with Crippen molar-refractivity contribution in [2.75, 3.05) is 6.61 Å². The molecule has 0 spiro atoms. The zero-order chi connectivity index (χ0) is 24.2. The molecule has 4 aliphatic carbocycles. The van der Waals surface area contributed by atoms with Gasteiger partial charge in [0.2, 0.25) is 5.78 Å². The molecule has 3 fully saturated rings. The van der Waals surface area contributed by atoms with E-state index >= 15 is 0 Å². The Morgan fingerprint density at radius 3 is 2.53 bits per heavy atom. The van der Waals surface area contributed by atoms with Crippen molar-refractivity contribution in [3.8, 4) is 0 Å². The summed E-state index contributed by atoms with van der Waals surface area (Å²) in [5.74, 6) is -2.53. The van der Waals surface area contributed by atoms with E-state index in [-0.39, 0.29) is 71.4 Å². The molecule has 7 atom stereocenters. The average Bonchev–Trinajstić information content (AvgIpc) is 3.02. The summed E-state index contributed by atoms with van der Waals surface area (Å²) in [4.78, 5) is 47.3. The Morgan fingerprint density at radius 2 is 1.85 bits per heavy atom. The van der Waals surface area contributed by atoms with Crippen LogP contribution in [0.5, 0.6) is 0 Å². The smallest absolute Gasteiger partial charge is 0.550 e. The molecule has 0 radical (unpaired) electrons. The molecule has 0 bridgehead atoms. The van der Waals surface area contributed by atoms with Gasteiger partial charge in [0.15, 0.2) is 12.4 Å². The summed E-state index contributed by atoms with van der Waals surface area (Å²) < 4.78 is 4.95. The molecule has 0 aromatic rings. The van der Waals surface area contributed by atoms with E-state index in [1.165, 1.54) is 0 Å². The zero-order valence-corrected chi connectivity index (χ0v) is 22.3. The van der Waals surface area contributed by atoms with E-state index in [1.807, 2.05) is 6.92 Å². The molecule has 0 aliphatic heterocycles. The number of Topliss-reactive ketones (excluding diaryl/α,β-unsaturated/α-hetero) is 1. The Morgan fingerprint density at radius 1 is 1.15 bits per heavy atom. The molecule has 0 aromatic carbocycles. The molecular weight excluding hydrogens is 451 g/mol. The van der Waals surface area contributed by atoms with Crippen LogP contribution in [0.25, 0.3) is 0 Å². The van der Waals surface area contributed by atoms with Gasteiger partial charge in [-0.2, -0.15) is 0 Å². The molecule has 2 N–H and O–H groups in total. The molecule has 0 heterocycles. The SMILES string of the molecule is C[C@@]12CCC(=O)C=C1CC[C@H]1[C@H]2[C@H](O)C[C@]2(C)[C@@H]1CC[C@@]2(O)C(=O)COC(=O)CCC(=O)[O-].[Na+]. The van der Waals surface area contributed by atoms with E-state index in [9.17, 15) is 34.5 Å². The van der Waals surface area contributed by atoms with E-state index in [4.69, 9.17) is 4.74 Å². The monoisotopic (exact) mass is 484 g/mol. The second-order valence-electron chi connectivity index (χ2n) is 10.9. The van der Waals surface area contributed by atoms with Crippen LogP contribution in [0.1, 0.15) is 71.6 Å². The number of aliphatic hydroxyl groups is 2. The van der Waals surface area contributed by atoms with Gasteiger partial charge in [-0.1, -0.05) is 19.4 Å². The summed E-state index contributed by atoms with van der Waals surface area (Å²) in [7, 11) is 0. The van der Waals surface area contributed by atoms with Crippen molar-refractivity contribution in [3.63, 3.8) is 0 Å². The predicted molar refractivity (Wildman–Crippen MR) is 113 cm³/mol. The minimum atomic E-state index is -1.72. The van der Waals surface area contributed by atoms with Gasteiger partial charge in [0.25, 0.3) is 0 Å². The first-order valence-corrected chi connectivity index (χ1v) is 12.0. The van der Waals surface area contributed by atoms with Gasteiger partial charge >= 0.3 is 35.5 Å². The first-order valence-electron chi connectivity index (χ1n) is 12.0. The maximum Gasteiger partial charge on any atom is 1.00 e. The van der Waals surface area contributed by atoms with Crippen molar-refractivity contribution in [1.82, 2.24) is 0 Å². The number of esters is 1. The molecule has 0 aromatic heterocycles. The quantitative estimate of drug-likeness (QED) is 0.322. The first kappa shape index (κ1) is 27.5. The summed E-state index contributed by atoms with van der Waals surface area (Å²) in [5.41, 5.74) is -1.71. The fourth-order valence-electron chi connectivity index (χ4n) is 7.69. The molecule has 3 saturated carbocycles. The van der Waals surface area contributed by atoms with Gasteiger partial charge < -0.3 is 24.9 Å². The van der Waals surface area contributed by atoms with Crippen molar-refractivity contribution in [2.24, 2.45) is 28.6 Å². The number of aliphatic hydroxyl groups excluding tert-OH is 1. The van der Waals surface area contributed by atoms with E-state index in [0.717, 1.165) is 18.4 Å². The van der Waals surface area contributed by atoms with Crippen LogP contribution in [0.2, 0.25) is 0 Å². The Hall–Kier alpha value is -1.06. The minimum Gasteiger partial charge on any atom is -0.550 e. The molecule has 0 unspecified atom stereocenters. The van der Waals surface area contributed by atoms with Gasteiger partial charge in [0, 0.05) is 17.8 Å². The average molecular weight is 485 g/mol. The number of allylic oxidation sites excluding steroid dienone is 1. The minimum absolute atomic E-state index is 0. The van der Waals surface area contributed by atoms with Crippen molar-refractivity contribution >= 4 is 23.5 Å². The van der Waals surface area contributed by atoms with Crippen molar-refractivity contribution in [3.05, 3.63) is 11.6 Å². The van der Waals surface area contributed by atoms with Crippen LogP contribution >= 0.6 is 0 Å². The molecule has 9 heteroatoms. The number of carbonyl (C=O) groups excluding carboxylic acids is 4. The van der Waals surface area contributed by atoms with Crippen LogP contribution in [-0.4, -0.2) is 52.0 Å². The Bertz CT molecular complexity index is 915. The van der Waals surface area contributed by atoms with E-state index < -0.39 is 54.3 Å². The number of aliphatic carboxylic acids is 1. The third-order valence-electron chi connectivity index (χ3n) is 9.41. The zero-order valence-electron chi connectivity index (χ0n) is 20.3. The topological polar surface area (TPSA) is 141 Å². The third kappa shape index (κ3) is 4.34. The standard InChI is InChI=1S/C25H34O8.Na/c1-23-9-7-15(26)11-14(23)3-4-16-17-8-10-25(32,24(17,2)12-18(27)22(16)23)19(28)13-33-21(31)6-5-20(29)30;/h11,16-18,22,27,32H,3-10,12-13H2,1-2H3,(H,29,30);/q;+1/p-1/t16-,17-,18-,22+,23-,24-,25-;/m1./s1. The molecule has 182 valence electrons. The number of carboxylic acid groups (broad SMARTS) is 1. The largest absolute Gasteiger partial charge is 1.00 e. The molecule has 0 amide bonds. The van der Waals surface area contributed by atoms with Gasteiger partial charge in [-0.15, -0.1) is 0 Å². The number of hydrogen-bond acceptors (Lipinski definition) is 8. The second-order valence-corrected chi connectivity index (χ2v) is 10.9. The molecule has 0 saturated heterocycles. The Kier molecular flexibility index (Phi) is 7.91. The van der Waals surface area contributed by atoms with Crippen LogP contribution in [-0.2, 0) is 23.9 Å². The van der Waals surface area contributed by atoms with Gasteiger partial charge in [-0.25, -0.2) is 0 Å². The van der Waals surface area contributed by atoms with Crippen LogP contribution in [0, 0.1) is 28.6 Å². The van der Waals surface area contributed by atoms with Crippen LogP contribution in [0.3, 0.4) is 0 Å². The van der Waals surface area contributed by atoms with Crippen molar-refractivity contribution in [1.29, 1.82) is 0 Å². The molecule has 4 aliphatic rings. The number of hydrogen-bond donors (Lipinski definition) is 2. The van der Waals surface area contributed by atoms with Crippen LogP contribution < -0.4 is 34.7 Å². The second kappa shape index (κ2) is 9.77. The predicted octanol–water partition coefficient (Wildman–Crippen LogP) is -2.13. The summed E-state index contributed by atoms with van der Waals surface area (Å²) in [6, 6.07) is 0. The van der Waals surface area contributed by atoms with Crippen molar-refractivity contribution < 1.29 is 68.8 Å². The van der Waals surface area contributed by atoms with Crippen LogP contribution in [0.15, 0.2) is 11.6 Å². The van der Waals surface area contributed by atoms with Gasteiger partial charge in [0.05, 0.1) is 12.5 Å². The fraction of sp³-hybridized carbons (Fsp3) is 0.760. The fourth-order valence-corrected chi connectivity index (χ4v) is 7.69. The number of carboxylic acids is 1. The summed E-state index contributed by atoms with van der Waals surface area (Å²) in [6.07, 6.45) is 4.07. The molecular formula is C25H33NaO8. The van der Waals surface area contributed by atoms with E-state index in [1.54, 1.807) is 6.08 Å². The van der Waals surface area contributed by atoms with Gasteiger partial charge in [-0.3, -0.25) is 14.4 Å². The van der Waals surface area contributed by atoms with E-state index in [2.05, 4.69) is 6.92 Å². The first-order chi connectivity index (χ1) is 15.4. The number of carbonyl (C=O) groups is 4. The van der Waals surface area contributed by atoms with Crippen LogP contribution in [0.4, 0.5) is 0 Å². The van der Waals surface area contributed by atoms with Crippen molar-refractivity contribution in [2.45, 2.75) is 83.3 Å². The van der Waals surface area contributed by atoms with Gasteiger partial charge in [0.1, 0.15) is 5.60 Å². The Labute approximate surface area is 221 Å². The summed E-state index contributed by atoms with van der Waals surface area (Å²) in [5, 5.41) is 33.4. The maximum absolute atomic E-state index is 13.1. The number of rotatable bonds is 6. The van der Waals surface area contributed by atoms with E-state index in [0.29, 0.717) is 19.3 Å². The Balaban J connectivity index is 0.00000324. The molecule has 34 heavy (non-hydrogen) atoms. The maximum atomic E-state index is 13.1. The normalized spacial score (nSPS) is 40.7. The number of fused-ring (bicyclic) bond motifs is 5. The number of ether oxygens (including phenoxy) is 1. The van der Waals surface area contributed by atoms with Gasteiger partial charge in [-0.05, 0) is 74.2 Å². The summed E-state index contributed by atoms with van der Waals surface area (Å²) in [6.45, 7) is 3.38. The molecule has 4 rings (SSSR count). The summed E-state index contributed by atoms with van der Waals surface area (Å²) >= 11 is 0. The number of ketones is 2.